The van der Waals surface area contributed by atoms with Crippen LogP contribution in [0.25, 0.3) is 0 Å². The van der Waals surface area contributed by atoms with E-state index in [1.807, 2.05) is 0 Å². The number of carboxylic acids is 2. The second-order valence-electron chi connectivity index (χ2n) is 8.96. The predicted molar refractivity (Wildman–Crippen MR) is 159 cm³/mol. The van der Waals surface area contributed by atoms with Crippen LogP contribution in [0, 0.1) is 0 Å². The van der Waals surface area contributed by atoms with Crippen molar-refractivity contribution in [2.45, 2.75) is 49.8 Å². The minimum absolute atomic E-state index is 0.189. The number of carboxylic acid groups (broad SMARTS) is 2. The van der Waals surface area contributed by atoms with Gasteiger partial charge in [-0.1, -0.05) is 20.8 Å². The molecule has 0 aliphatic rings. The molecule has 0 aromatic rings. The Morgan fingerprint density at radius 2 is 0.783 bits per heavy atom. The lowest BCUT2D eigenvalue weighted by Gasteiger charge is -2.35. The third-order valence-electron chi connectivity index (χ3n) is 5.61. The summed E-state index contributed by atoms with van der Waals surface area (Å²) in [5.74, 6) is -4.58. The highest BCUT2D eigenvalue weighted by Crippen LogP contribution is 2.77. The largest absolute Gasteiger partial charge is 0.480 e. The van der Waals surface area contributed by atoms with E-state index in [0.29, 0.717) is 14.2 Å². The van der Waals surface area contributed by atoms with Crippen LogP contribution in [0.2, 0.25) is 0 Å². The minimum atomic E-state index is -5.45. The molecule has 276 valence electrons. The third kappa shape index (κ3) is 11.4. The molecule has 6 unspecified atom stereocenters. The normalized spacial score (nSPS) is 22.3. The van der Waals surface area contributed by atoms with E-state index < -0.39 is 92.8 Å². The summed E-state index contributed by atoms with van der Waals surface area (Å²) in [5, 5.41) is 18.7. The van der Waals surface area contributed by atoms with E-state index in [1.165, 1.54) is 0 Å². The van der Waals surface area contributed by atoms with Crippen molar-refractivity contribution >= 4 is 57.5 Å². The van der Waals surface area contributed by atoms with Gasteiger partial charge >= 0.3 is 57.5 Å². The van der Waals surface area contributed by atoms with Crippen molar-refractivity contribution in [1.82, 2.24) is 0 Å². The number of carbonyl (C=O) groups is 2. The maximum atomic E-state index is 12.7. The molecule has 0 bridgehead atoms. The van der Waals surface area contributed by atoms with Gasteiger partial charge in [0.2, 0.25) is 0 Å². The van der Waals surface area contributed by atoms with Crippen molar-refractivity contribution < 1.29 is 104 Å². The summed E-state index contributed by atoms with van der Waals surface area (Å²) in [5.41, 5.74) is 0. The smallest absolute Gasteiger partial charge is 0.358 e. The van der Waals surface area contributed by atoms with E-state index in [4.69, 9.17) is 5.11 Å². The van der Waals surface area contributed by atoms with Gasteiger partial charge in [-0.3, -0.25) is 37.0 Å². The van der Waals surface area contributed by atoms with Gasteiger partial charge in [0.05, 0.1) is 32.1 Å². The summed E-state index contributed by atoms with van der Waals surface area (Å²) in [4.78, 5) is 74.9. The molecule has 0 spiro atoms. The molecule has 0 amide bonds. The molecule has 0 aliphatic carbocycles. The number of hydrogen-bond acceptors (Lipinski definition) is 14. The molecule has 0 radical (unpaired) electrons. The van der Waals surface area contributed by atoms with E-state index in [1.54, 1.807) is 20.8 Å². The van der Waals surface area contributed by atoms with Gasteiger partial charge in [-0.05, 0) is 19.3 Å². The highest BCUT2D eigenvalue weighted by atomic mass is 31.2. The van der Waals surface area contributed by atoms with Crippen LogP contribution in [0.3, 0.4) is 0 Å². The monoisotopic (exact) mass is 796 g/mol. The predicted octanol–water partition coefficient (Wildman–Crippen LogP) is 2.87. The SMILES string of the molecule is CCCOP(=O)(O)CC(C(=O)O)(P(=O)(O)OCCC)P(=O)(O)OCCC.COP(=O)(O)CC(C(=O)O)(P(=O)(O)OC)P(=O)(O)OC. The van der Waals surface area contributed by atoms with Crippen LogP contribution < -0.4 is 0 Å². The van der Waals surface area contributed by atoms with E-state index >= 15 is 0 Å². The molecule has 0 heterocycles. The van der Waals surface area contributed by atoms with E-state index in [0.717, 1.165) is 7.11 Å². The molecule has 0 aromatic carbocycles. The van der Waals surface area contributed by atoms with E-state index in [9.17, 15) is 71.4 Å². The molecule has 0 rings (SSSR count). The van der Waals surface area contributed by atoms with Gasteiger partial charge in [0, 0.05) is 21.3 Å². The molecule has 6 atom stereocenters. The lowest BCUT2D eigenvalue weighted by atomic mass is 10.5. The summed E-state index contributed by atoms with van der Waals surface area (Å²) in [7, 11) is -29.3. The second kappa shape index (κ2) is 18.7. The summed E-state index contributed by atoms with van der Waals surface area (Å²) in [6.45, 7) is 3.61. The first-order valence-electron chi connectivity index (χ1n) is 12.7. The maximum Gasteiger partial charge on any atom is 0.358 e. The van der Waals surface area contributed by atoms with Crippen molar-refractivity contribution in [2.24, 2.45) is 0 Å². The first-order valence-corrected chi connectivity index (χ1v) is 22.5. The summed E-state index contributed by atoms with van der Waals surface area (Å²) < 4.78 is 99.0. The Morgan fingerprint density at radius 3 is 1.04 bits per heavy atom. The van der Waals surface area contributed by atoms with Gasteiger partial charge in [-0.15, -0.1) is 0 Å². The zero-order valence-electron chi connectivity index (χ0n) is 25.6. The highest BCUT2D eigenvalue weighted by molar-refractivity contribution is 7.77. The minimum Gasteiger partial charge on any atom is -0.480 e. The Hall–Kier alpha value is -0.160. The standard InChI is InChI=1S/C12H27O11P3.C6H15O11P3/c1-4-7-21-24(15,16)10-12(11(13)14,25(17,18)22-8-5-2)26(19,20)23-9-6-3;1-15-18(9,10)4-6(5(7)8,19(11,12)16-2)20(13,14)17-3/h4-10H2,1-3H3,(H,13,14)(H,15,16)(H,17,18)(H,19,20);4H2,1-3H3,(H,7,8)(H,9,10)(H,11,12)(H,13,14). The third-order valence-corrected chi connectivity index (χ3v) is 19.7. The lowest BCUT2D eigenvalue weighted by molar-refractivity contribution is -0.139. The Labute approximate surface area is 264 Å². The molecule has 22 nitrogen and oxygen atoms in total. The van der Waals surface area contributed by atoms with Crippen LogP contribution >= 0.6 is 45.6 Å². The fourth-order valence-electron chi connectivity index (χ4n) is 3.14. The Balaban J connectivity index is 0. The van der Waals surface area contributed by atoms with Crippen LogP contribution in [-0.4, -0.2) is 115 Å². The topological polar surface area (TPSA) is 354 Å². The zero-order chi connectivity index (χ0) is 37.1. The number of hydrogen-bond donors (Lipinski definition) is 8. The van der Waals surface area contributed by atoms with Gasteiger partial charge in [-0.25, -0.2) is 0 Å². The van der Waals surface area contributed by atoms with Crippen molar-refractivity contribution in [2.75, 3.05) is 53.5 Å². The van der Waals surface area contributed by atoms with Crippen LogP contribution in [-0.2, 0) is 64.1 Å². The van der Waals surface area contributed by atoms with Gasteiger partial charge in [0.1, 0.15) is 0 Å². The zero-order valence-corrected chi connectivity index (χ0v) is 31.0. The molecule has 0 aromatic heterocycles. The molecule has 0 aliphatic heterocycles. The van der Waals surface area contributed by atoms with E-state index in [-0.39, 0.29) is 25.9 Å². The molecule has 0 fully saturated rings. The first-order chi connectivity index (χ1) is 20.7. The summed E-state index contributed by atoms with van der Waals surface area (Å²) >= 11 is 0. The van der Waals surface area contributed by atoms with Crippen LogP contribution in [0.5, 0.6) is 0 Å². The molecule has 8 N–H and O–H groups in total. The van der Waals surface area contributed by atoms with Crippen LogP contribution in [0.15, 0.2) is 0 Å². The maximum absolute atomic E-state index is 12.7. The van der Waals surface area contributed by atoms with Crippen LogP contribution in [0.4, 0.5) is 0 Å². The molecule has 28 heteroatoms. The van der Waals surface area contributed by atoms with Gasteiger partial charge < -0.3 is 66.7 Å². The Kier molecular flexibility index (Phi) is 19.5. The second-order valence-corrected chi connectivity index (χ2v) is 21.9. The fraction of sp³-hybridized carbons (Fsp3) is 0.889. The number of rotatable bonds is 22. The lowest BCUT2D eigenvalue weighted by Crippen LogP contribution is -2.43. The molecular weight excluding hydrogens is 754 g/mol. The van der Waals surface area contributed by atoms with Gasteiger partial charge in [0.25, 0.3) is 9.79 Å². The fourth-order valence-corrected chi connectivity index (χ4v) is 16.5. The Morgan fingerprint density at radius 1 is 0.500 bits per heavy atom. The molecule has 0 saturated heterocycles. The highest BCUT2D eigenvalue weighted by Gasteiger charge is 2.72. The molecule has 46 heavy (non-hydrogen) atoms. The molecule has 0 saturated carbocycles. The van der Waals surface area contributed by atoms with E-state index in [2.05, 4.69) is 27.1 Å². The van der Waals surface area contributed by atoms with Crippen molar-refractivity contribution in [3.05, 3.63) is 0 Å². The van der Waals surface area contributed by atoms with Gasteiger partial charge in [0.15, 0.2) is 0 Å². The van der Waals surface area contributed by atoms with Crippen molar-refractivity contribution in [3.63, 3.8) is 0 Å². The summed E-state index contributed by atoms with van der Waals surface area (Å²) in [6, 6.07) is 0. The van der Waals surface area contributed by atoms with Crippen molar-refractivity contribution in [1.29, 1.82) is 0 Å². The Bertz CT molecular complexity index is 1260. The quantitative estimate of drug-likeness (QED) is 0.0730. The molecular formula is C18H42O22P6. The average molecular weight is 796 g/mol. The first kappa shape index (κ1) is 48.0. The number of aliphatic carboxylic acids is 2. The summed E-state index contributed by atoms with van der Waals surface area (Å²) in [6.07, 6.45) is -2.61. The van der Waals surface area contributed by atoms with Crippen molar-refractivity contribution in [3.8, 4) is 0 Å². The average Bonchev–Trinajstić information content (AvgIpc) is 2.95. The van der Waals surface area contributed by atoms with Gasteiger partial charge in [-0.2, -0.15) is 0 Å². The van der Waals surface area contributed by atoms with Crippen LogP contribution in [0.1, 0.15) is 40.0 Å².